The van der Waals surface area contributed by atoms with Crippen LogP contribution in [-0.4, -0.2) is 39.5 Å². The highest BCUT2D eigenvalue weighted by Crippen LogP contribution is 2.30. The Morgan fingerprint density at radius 1 is 1.16 bits per heavy atom. The van der Waals surface area contributed by atoms with Crippen LogP contribution in [0, 0.1) is 6.92 Å². The van der Waals surface area contributed by atoms with Crippen LogP contribution in [-0.2, 0) is 30.8 Å². The molecule has 0 spiro atoms. The number of anilines is 1. The summed E-state index contributed by atoms with van der Waals surface area (Å²) < 4.78 is 31.3. The third-order valence-electron chi connectivity index (χ3n) is 5.08. The lowest BCUT2D eigenvalue weighted by Crippen LogP contribution is -2.44. The van der Waals surface area contributed by atoms with Gasteiger partial charge in [-0.15, -0.1) is 0 Å². The van der Waals surface area contributed by atoms with E-state index in [-0.39, 0.29) is 11.9 Å². The summed E-state index contributed by atoms with van der Waals surface area (Å²) in [5, 5.41) is 0.989. The number of ether oxygens (including phenoxy) is 1. The number of rotatable bonds is 7. The van der Waals surface area contributed by atoms with E-state index < -0.39 is 29.1 Å². The summed E-state index contributed by atoms with van der Waals surface area (Å²) in [5.74, 6) is -1.16. The van der Waals surface area contributed by atoms with Crippen molar-refractivity contribution in [3.8, 4) is 0 Å². The molecule has 1 heterocycles. The molecule has 7 nitrogen and oxygen atoms in total. The lowest BCUT2D eigenvalue weighted by molar-refractivity contribution is -0.146. The molecule has 0 saturated carbocycles. The summed E-state index contributed by atoms with van der Waals surface area (Å²) in [6, 6.07) is 15.0. The molecule has 1 aliphatic heterocycles. The van der Waals surface area contributed by atoms with Crippen LogP contribution >= 0.6 is 0 Å². The second-order valence-electron chi connectivity index (χ2n) is 7.52. The number of nitrogens with zero attached hydrogens (tertiary/aromatic N) is 1. The van der Waals surface area contributed by atoms with Gasteiger partial charge in [0, 0.05) is 17.1 Å². The normalized spacial score (nSPS) is 16.2. The molecular formula is C23H26N2O5S. The van der Waals surface area contributed by atoms with E-state index in [4.69, 9.17) is 4.74 Å². The quantitative estimate of drug-likeness (QED) is 0.666. The van der Waals surface area contributed by atoms with E-state index in [0.717, 1.165) is 40.6 Å². The van der Waals surface area contributed by atoms with E-state index in [0.29, 0.717) is 0 Å². The number of para-hydroxylation sites is 1. The van der Waals surface area contributed by atoms with Crippen LogP contribution in [0.15, 0.2) is 53.9 Å². The number of esters is 1. The van der Waals surface area contributed by atoms with Gasteiger partial charge in [0.15, 0.2) is 6.61 Å². The Morgan fingerprint density at radius 3 is 2.61 bits per heavy atom. The third kappa shape index (κ3) is 6.26. The van der Waals surface area contributed by atoms with E-state index in [1.165, 1.54) is 6.08 Å². The summed E-state index contributed by atoms with van der Waals surface area (Å²) in [5.41, 5.74) is 3.69. The predicted molar refractivity (Wildman–Crippen MR) is 120 cm³/mol. The minimum Gasteiger partial charge on any atom is -0.455 e. The molecule has 3 rings (SSSR count). The van der Waals surface area contributed by atoms with Gasteiger partial charge in [-0.25, -0.2) is 13.1 Å². The molecule has 1 N–H and O–H groups in total. The molecular weight excluding hydrogens is 416 g/mol. The van der Waals surface area contributed by atoms with Gasteiger partial charge in [0.25, 0.3) is 5.91 Å². The maximum absolute atomic E-state index is 12.7. The monoisotopic (exact) mass is 442 g/mol. The summed E-state index contributed by atoms with van der Waals surface area (Å²) >= 11 is 0. The van der Waals surface area contributed by atoms with Gasteiger partial charge in [0.05, 0.1) is 0 Å². The first kappa shape index (κ1) is 22.7. The molecule has 0 bridgehead atoms. The van der Waals surface area contributed by atoms with Crippen LogP contribution in [0.3, 0.4) is 0 Å². The molecule has 1 unspecified atom stereocenters. The largest absolute Gasteiger partial charge is 0.455 e. The second kappa shape index (κ2) is 9.89. The van der Waals surface area contributed by atoms with Crippen molar-refractivity contribution < 1.29 is 22.7 Å². The van der Waals surface area contributed by atoms with Crippen LogP contribution < -0.4 is 9.62 Å². The molecule has 1 aliphatic rings. The van der Waals surface area contributed by atoms with Crippen LogP contribution in [0.1, 0.15) is 30.0 Å². The van der Waals surface area contributed by atoms with Crippen LogP contribution in [0.5, 0.6) is 0 Å². The van der Waals surface area contributed by atoms with E-state index in [1.54, 1.807) is 17.0 Å². The van der Waals surface area contributed by atoms with Gasteiger partial charge in [0.2, 0.25) is 10.0 Å². The average molecular weight is 443 g/mol. The average Bonchev–Trinajstić information content (AvgIpc) is 2.75. The number of amides is 1. The van der Waals surface area contributed by atoms with Crippen molar-refractivity contribution in [2.45, 2.75) is 32.7 Å². The molecule has 0 fully saturated rings. The fourth-order valence-electron chi connectivity index (χ4n) is 3.38. The Balaban J connectivity index is 1.51. The number of aryl methyl sites for hydroxylation is 2. The molecule has 8 heteroatoms. The molecule has 0 aromatic heterocycles. The fraction of sp³-hybridized carbons (Fsp3) is 0.304. The first-order valence-electron chi connectivity index (χ1n) is 10.1. The molecule has 0 aliphatic carbocycles. The minimum absolute atomic E-state index is 0.00786. The molecule has 164 valence electrons. The molecule has 0 radical (unpaired) electrons. The standard InChI is InChI=1S/C23H26N2O5S/c1-17-7-10-19(11-8-17)13-14-31(28,29)24-15-23(27)30-16-22(26)25-18(2)9-12-20-5-3-4-6-21(20)25/h3-8,10-11,13-14,18,24H,9,12,15-16H2,1-2H3/b14-13+. The van der Waals surface area contributed by atoms with Gasteiger partial charge in [-0.2, -0.15) is 0 Å². The number of benzene rings is 2. The van der Waals surface area contributed by atoms with E-state index in [1.807, 2.05) is 50.2 Å². The number of sulfonamides is 1. The number of nitrogens with one attached hydrogen (secondary N) is 1. The molecule has 1 amide bonds. The van der Waals surface area contributed by atoms with Gasteiger partial charge in [-0.1, -0.05) is 48.0 Å². The van der Waals surface area contributed by atoms with Gasteiger partial charge in [-0.05, 0) is 50.0 Å². The van der Waals surface area contributed by atoms with Crippen molar-refractivity contribution in [3.63, 3.8) is 0 Å². The van der Waals surface area contributed by atoms with E-state index in [2.05, 4.69) is 4.72 Å². The van der Waals surface area contributed by atoms with E-state index >= 15 is 0 Å². The smallest absolute Gasteiger partial charge is 0.321 e. The zero-order valence-corrected chi connectivity index (χ0v) is 18.4. The molecule has 31 heavy (non-hydrogen) atoms. The minimum atomic E-state index is -3.82. The van der Waals surface area contributed by atoms with Gasteiger partial charge >= 0.3 is 5.97 Å². The molecule has 2 aromatic carbocycles. The van der Waals surface area contributed by atoms with Crippen molar-refractivity contribution >= 4 is 33.7 Å². The lowest BCUT2D eigenvalue weighted by Gasteiger charge is -2.35. The SMILES string of the molecule is Cc1ccc(/C=C/S(=O)(=O)NCC(=O)OCC(=O)N2c3ccccc3CCC2C)cc1. The van der Waals surface area contributed by atoms with Crippen LogP contribution in [0.2, 0.25) is 0 Å². The number of hydrogen-bond acceptors (Lipinski definition) is 5. The number of fused-ring (bicyclic) bond motifs is 1. The molecule has 1 atom stereocenters. The number of hydrogen-bond donors (Lipinski definition) is 1. The van der Waals surface area contributed by atoms with Gasteiger partial charge in [-0.3, -0.25) is 9.59 Å². The van der Waals surface area contributed by atoms with Crippen molar-refractivity contribution in [2.24, 2.45) is 0 Å². The predicted octanol–water partition coefficient (Wildman–Crippen LogP) is 2.80. The van der Waals surface area contributed by atoms with Crippen LogP contribution in [0.4, 0.5) is 5.69 Å². The Hall–Kier alpha value is -2.97. The maximum atomic E-state index is 12.7. The zero-order chi connectivity index (χ0) is 22.4. The third-order valence-corrected chi connectivity index (χ3v) is 6.12. The highest BCUT2D eigenvalue weighted by Gasteiger charge is 2.28. The van der Waals surface area contributed by atoms with E-state index in [9.17, 15) is 18.0 Å². The van der Waals surface area contributed by atoms with Crippen molar-refractivity contribution in [1.29, 1.82) is 0 Å². The van der Waals surface area contributed by atoms with Crippen LogP contribution in [0.25, 0.3) is 6.08 Å². The van der Waals surface area contributed by atoms with Crippen molar-refractivity contribution in [1.82, 2.24) is 4.72 Å². The Labute approximate surface area is 182 Å². The summed E-state index contributed by atoms with van der Waals surface area (Å²) in [6.07, 6.45) is 3.15. The van der Waals surface area contributed by atoms with Crippen molar-refractivity contribution in [3.05, 3.63) is 70.6 Å². The Morgan fingerprint density at radius 2 is 1.87 bits per heavy atom. The number of carbonyl (C=O) groups is 2. The van der Waals surface area contributed by atoms with Gasteiger partial charge < -0.3 is 9.64 Å². The fourth-order valence-corrected chi connectivity index (χ4v) is 4.14. The summed E-state index contributed by atoms with van der Waals surface area (Å²) in [4.78, 5) is 26.3. The Bertz CT molecular complexity index is 1080. The summed E-state index contributed by atoms with van der Waals surface area (Å²) in [7, 11) is -3.82. The first-order chi connectivity index (χ1) is 14.7. The first-order valence-corrected chi connectivity index (χ1v) is 11.6. The lowest BCUT2D eigenvalue weighted by atomic mass is 9.96. The molecule has 0 saturated heterocycles. The second-order valence-corrected chi connectivity index (χ2v) is 9.17. The zero-order valence-electron chi connectivity index (χ0n) is 17.6. The molecule has 2 aromatic rings. The maximum Gasteiger partial charge on any atom is 0.321 e. The van der Waals surface area contributed by atoms with Crippen molar-refractivity contribution in [2.75, 3.05) is 18.1 Å². The van der Waals surface area contributed by atoms with Gasteiger partial charge in [0.1, 0.15) is 6.54 Å². The summed E-state index contributed by atoms with van der Waals surface area (Å²) in [6.45, 7) is 2.88. The highest BCUT2D eigenvalue weighted by atomic mass is 32.2. The highest BCUT2D eigenvalue weighted by molar-refractivity contribution is 7.92. The Kier molecular flexibility index (Phi) is 7.25. The number of carbonyl (C=O) groups excluding carboxylic acids is 2. The topological polar surface area (TPSA) is 92.8 Å².